The van der Waals surface area contributed by atoms with E-state index in [2.05, 4.69) is 15.5 Å². The minimum absolute atomic E-state index is 0.186. The summed E-state index contributed by atoms with van der Waals surface area (Å²) in [6.07, 6.45) is 4.72. The zero-order chi connectivity index (χ0) is 13.5. The van der Waals surface area contributed by atoms with E-state index in [0.717, 1.165) is 10.9 Å². The normalized spacial score (nSPS) is 16.6. The number of hydrogen-bond donors (Lipinski definition) is 0. The van der Waals surface area contributed by atoms with Gasteiger partial charge in [-0.05, 0) is 37.1 Å². The molecule has 0 saturated heterocycles. The van der Waals surface area contributed by atoms with Gasteiger partial charge >= 0.3 is 0 Å². The van der Waals surface area contributed by atoms with Crippen LogP contribution in [0.15, 0.2) is 5.16 Å². The van der Waals surface area contributed by atoms with Crippen LogP contribution in [-0.2, 0) is 9.47 Å². The zero-order valence-corrected chi connectivity index (χ0v) is 12.4. The number of ether oxygens (including phenoxy) is 2. The summed E-state index contributed by atoms with van der Waals surface area (Å²) in [5.41, 5.74) is 0. The van der Waals surface area contributed by atoms with Crippen LogP contribution in [0, 0.1) is 0 Å². The lowest BCUT2D eigenvalue weighted by Crippen LogP contribution is -2.20. The molecule has 0 spiro atoms. The molecule has 1 aliphatic carbocycles. The van der Waals surface area contributed by atoms with Gasteiger partial charge in [-0.15, -0.1) is 5.10 Å². The molecule has 0 N–H and O–H groups in total. The lowest BCUT2D eigenvalue weighted by Gasteiger charge is -2.16. The van der Waals surface area contributed by atoms with Crippen molar-refractivity contribution in [1.82, 2.24) is 20.2 Å². The van der Waals surface area contributed by atoms with E-state index in [1.54, 1.807) is 11.8 Å². The first-order valence-corrected chi connectivity index (χ1v) is 7.97. The number of thioether (sulfide) groups is 1. The first-order chi connectivity index (χ1) is 9.35. The Balaban J connectivity index is 1.89. The fourth-order valence-corrected chi connectivity index (χ4v) is 3.21. The summed E-state index contributed by atoms with van der Waals surface area (Å²) in [7, 11) is 0. The molecule has 0 unspecified atom stereocenters. The van der Waals surface area contributed by atoms with E-state index in [0.29, 0.717) is 19.3 Å². The second-order valence-electron chi connectivity index (χ2n) is 4.50. The molecule has 1 saturated carbocycles. The van der Waals surface area contributed by atoms with Crippen LogP contribution in [-0.4, -0.2) is 45.5 Å². The van der Waals surface area contributed by atoms with Gasteiger partial charge in [-0.3, -0.25) is 0 Å². The molecule has 0 aromatic carbocycles. The molecule has 108 valence electrons. The molecular formula is C12H22N4O2S. The zero-order valence-electron chi connectivity index (χ0n) is 11.6. The average molecular weight is 286 g/mol. The van der Waals surface area contributed by atoms with Crippen LogP contribution in [0.1, 0.15) is 45.6 Å². The minimum atomic E-state index is -0.186. The van der Waals surface area contributed by atoms with E-state index in [-0.39, 0.29) is 6.29 Å². The summed E-state index contributed by atoms with van der Waals surface area (Å²) >= 11 is 1.61. The highest BCUT2D eigenvalue weighted by molar-refractivity contribution is 7.99. The summed E-state index contributed by atoms with van der Waals surface area (Å²) in [6, 6.07) is 0.468. The second-order valence-corrected chi connectivity index (χ2v) is 5.48. The average Bonchev–Trinajstić information content (AvgIpc) is 3.07. The van der Waals surface area contributed by atoms with Crippen molar-refractivity contribution < 1.29 is 9.47 Å². The SMILES string of the molecule is CCOC(CSc1nnnn1C1CCCC1)OCC. The predicted molar refractivity (Wildman–Crippen MR) is 73.1 cm³/mol. The van der Waals surface area contributed by atoms with Gasteiger partial charge in [0.25, 0.3) is 0 Å². The Kier molecular flexibility index (Phi) is 6.06. The van der Waals surface area contributed by atoms with Crippen LogP contribution in [0.2, 0.25) is 0 Å². The maximum absolute atomic E-state index is 5.53. The first-order valence-electron chi connectivity index (χ1n) is 6.99. The van der Waals surface area contributed by atoms with Crippen molar-refractivity contribution >= 4 is 11.8 Å². The molecule has 1 aromatic rings. The number of hydrogen-bond acceptors (Lipinski definition) is 6. The highest BCUT2D eigenvalue weighted by Gasteiger charge is 2.22. The van der Waals surface area contributed by atoms with Crippen molar-refractivity contribution in [3.05, 3.63) is 0 Å². The van der Waals surface area contributed by atoms with Crippen molar-refractivity contribution in [3.63, 3.8) is 0 Å². The Morgan fingerprint density at radius 2 is 1.95 bits per heavy atom. The van der Waals surface area contributed by atoms with E-state index in [9.17, 15) is 0 Å². The Bertz CT molecular complexity index is 362. The maximum Gasteiger partial charge on any atom is 0.209 e. The quantitative estimate of drug-likeness (QED) is 0.539. The molecule has 0 amide bonds. The molecule has 1 fully saturated rings. The standard InChI is InChI=1S/C12H22N4O2S/c1-3-17-11(18-4-2)9-19-12-13-14-15-16(12)10-7-5-6-8-10/h10-11H,3-9H2,1-2H3. The van der Waals surface area contributed by atoms with Crippen LogP contribution in [0.25, 0.3) is 0 Å². The molecule has 0 atom stereocenters. The topological polar surface area (TPSA) is 62.1 Å². The van der Waals surface area contributed by atoms with Gasteiger partial charge in [0.1, 0.15) is 0 Å². The van der Waals surface area contributed by atoms with Gasteiger partial charge in [0, 0.05) is 13.2 Å². The predicted octanol–water partition coefficient (Wildman–Crippen LogP) is 2.28. The fraction of sp³-hybridized carbons (Fsp3) is 0.917. The molecule has 6 nitrogen and oxygen atoms in total. The van der Waals surface area contributed by atoms with Gasteiger partial charge in [0.2, 0.25) is 5.16 Å². The monoisotopic (exact) mass is 286 g/mol. The van der Waals surface area contributed by atoms with Crippen molar-refractivity contribution in [2.75, 3.05) is 19.0 Å². The second kappa shape index (κ2) is 7.81. The fourth-order valence-electron chi connectivity index (χ4n) is 2.32. The van der Waals surface area contributed by atoms with E-state index >= 15 is 0 Å². The lowest BCUT2D eigenvalue weighted by atomic mass is 10.3. The molecule has 0 aliphatic heterocycles. The van der Waals surface area contributed by atoms with Crippen LogP contribution < -0.4 is 0 Å². The summed E-state index contributed by atoms with van der Waals surface area (Å²) in [5, 5.41) is 12.9. The third-order valence-corrected chi connectivity index (χ3v) is 4.15. The number of nitrogens with zero attached hydrogens (tertiary/aromatic N) is 4. The van der Waals surface area contributed by atoms with Crippen molar-refractivity contribution in [2.45, 2.75) is 57.0 Å². The molecule has 1 heterocycles. The molecule has 1 aromatic heterocycles. The Morgan fingerprint density at radius 1 is 1.26 bits per heavy atom. The third kappa shape index (κ3) is 4.15. The van der Waals surface area contributed by atoms with Gasteiger partial charge in [0.05, 0.1) is 11.8 Å². The van der Waals surface area contributed by atoms with E-state index < -0.39 is 0 Å². The Hall–Kier alpha value is -0.660. The smallest absolute Gasteiger partial charge is 0.209 e. The summed E-state index contributed by atoms with van der Waals surface area (Å²) in [5.74, 6) is 0.717. The number of aromatic nitrogens is 4. The van der Waals surface area contributed by atoms with E-state index in [4.69, 9.17) is 9.47 Å². The summed E-state index contributed by atoms with van der Waals surface area (Å²) in [6.45, 7) is 5.25. The largest absolute Gasteiger partial charge is 0.352 e. The molecule has 1 aliphatic rings. The molecular weight excluding hydrogens is 264 g/mol. The Labute approximate surface area is 118 Å². The number of rotatable bonds is 8. The van der Waals surface area contributed by atoms with Crippen LogP contribution in [0.4, 0.5) is 0 Å². The van der Waals surface area contributed by atoms with Gasteiger partial charge in [-0.2, -0.15) is 0 Å². The number of tetrazole rings is 1. The molecule has 19 heavy (non-hydrogen) atoms. The first kappa shape index (κ1) is 14.7. The van der Waals surface area contributed by atoms with Gasteiger partial charge in [-0.1, -0.05) is 24.6 Å². The van der Waals surface area contributed by atoms with Gasteiger partial charge < -0.3 is 9.47 Å². The van der Waals surface area contributed by atoms with Gasteiger partial charge in [-0.25, -0.2) is 4.68 Å². The molecule has 2 rings (SSSR count). The van der Waals surface area contributed by atoms with E-state index in [1.165, 1.54) is 25.7 Å². The van der Waals surface area contributed by atoms with Crippen molar-refractivity contribution in [1.29, 1.82) is 0 Å². The summed E-state index contributed by atoms with van der Waals surface area (Å²) < 4.78 is 13.0. The van der Waals surface area contributed by atoms with E-state index in [1.807, 2.05) is 18.5 Å². The molecule has 0 radical (unpaired) electrons. The van der Waals surface area contributed by atoms with Crippen LogP contribution >= 0.6 is 11.8 Å². The molecule has 7 heteroatoms. The highest BCUT2D eigenvalue weighted by Crippen LogP contribution is 2.31. The third-order valence-electron chi connectivity index (χ3n) is 3.19. The lowest BCUT2D eigenvalue weighted by molar-refractivity contribution is -0.120. The molecule has 0 bridgehead atoms. The Morgan fingerprint density at radius 3 is 2.58 bits per heavy atom. The van der Waals surface area contributed by atoms with Crippen LogP contribution in [0.3, 0.4) is 0 Å². The van der Waals surface area contributed by atoms with Gasteiger partial charge in [0.15, 0.2) is 6.29 Å². The minimum Gasteiger partial charge on any atom is -0.352 e. The maximum atomic E-state index is 5.53. The van der Waals surface area contributed by atoms with Crippen molar-refractivity contribution in [2.24, 2.45) is 0 Å². The summed E-state index contributed by atoms with van der Waals surface area (Å²) in [4.78, 5) is 0. The highest BCUT2D eigenvalue weighted by atomic mass is 32.2. The van der Waals surface area contributed by atoms with Crippen LogP contribution in [0.5, 0.6) is 0 Å². The van der Waals surface area contributed by atoms with Crippen molar-refractivity contribution in [3.8, 4) is 0 Å².